The third-order valence-corrected chi connectivity index (χ3v) is 6.13. The summed E-state index contributed by atoms with van der Waals surface area (Å²) in [6, 6.07) is 18.0. The summed E-state index contributed by atoms with van der Waals surface area (Å²) in [4.78, 5) is 18.5. The number of imidazole rings is 1. The zero-order chi connectivity index (χ0) is 23.4. The summed E-state index contributed by atoms with van der Waals surface area (Å²) in [5.74, 6) is -2.26. The number of hydrogen-bond donors (Lipinski definition) is 0. The van der Waals surface area contributed by atoms with Crippen LogP contribution in [0.15, 0.2) is 78.9 Å². The summed E-state index contributed by atoms with van der Waals surface area (Å²) in [5, 5.41) is 2.33. The lowest BCUT2D eigenvalue weighted by Gasteiger charge is -2.12. The van der Waals surface area contributed by atoms with Crippen LogP contribution in [0.1, 0.15) is 21.5 Å². The molecule has 1 aliphatic carbocycles. The molecule has 0 unspecified atom stereocenters. The van der Waals surface area contributed by atoms with E-state index in [0.29, 0.717) is 21.9 Å². The molecular weight excluding hydrogens is 454 g/mol. The molecule has 162 valence electrons. The van der Waals surface area contributed by atoms with E-state index in [1.807, 2.05) is 48.6 Å². The monoisotopic (exact) mass is 467 g/mol. The van der Waals surface area contributed by atoms with Crippen molar-refractivity contribution in [2.75, 3.05) is 0 Å². The predicted molar refractivity (Wildman–Crippen MR) is 130 cm³/mol. The van der Waals surface area contributed by atoms with E-state index >= 15 is 0 Å². The van der Waals surface area contributed by atoms with Crippen LogP contribution in [-0.4, -0.2) is 15.5 Å². The highest BCUT2D eigenvalue weighted by Gasteiger charge is 2.28. The van der Waals surface area contributed by atoms with E-state index in [-0.39, 0.29) is 5.56 Å². The van der Waals surface area contributed by atoms with Gasteiger partial charge in [0, 0.05) is 45.7 Å². The normalized spacial score (nSPS) is 12.2. The molecule has 34 heavy (non-hydrogen) atoms. The van der Waals surface area contributed by atoms with Crippen molar-refractivity contribution >= 4 is 45.4 Å². The lowest BCUT2D eigenvalue weighted by atomic mass is 9.91. The van der Waals surface area contributed by atoms with E-state index in [4.69, 9.17) is 16.6 Å². The van der Waals surface area contributed by atoms with Gasteiger partial charge >= 0.3 is 0 Å². The van der Waals surface area contributed by atoms with E-state index in [0.717, 1.165) is 39.6 Å². The van der Waals surface area contributed by atoms with Gasteiger partial charge in [0.2, 0.25) is 0 Å². The highest BCUT2D eigenvalue weighted by atomic mass is 35.5. The lowest BCUT2D eigenvalue weighted by molar-refractivity contribution is 0.0965. The van der Waals surface area contributed by atoms with Gasteiger partial charge in [-0.3, -0.25) is 9.36 Å². The Morgan fingerprint density at radius 2 is 1.82 bits per heavy atom. The summed E-state index contributed by atoms with van der Waals surface area (Å²) in [6.45, 7) is 0. The van der Waals surface area contributed by atoms with Crippen LogP contribution < -0.4 is 0 Å². The lowest BCUT2D eigenvalue weighted by Crippen LogP contribution is -2.14. The number of allylic oxidation sites excluding steroid dienone is 2. The number of aromatic nitrogens is 2. The minimum Gasteiger partial charge on any atom is -0.268 e. The molecule has 0 atom stereocenters. The van der Waals surface area contributed by atoms with E-state index in [9.17, 15) is 13.6 Å². The second-order valence-electron chi connectivity index (χ2n) is 7.94. The Morgan fingerprint density at radius 1 is 0.971 bits per heavy atom. The predicted octanol–water partition coefficient (Wildman–Crippen LogP) is 7.21. The molecule has 1 heterocycles. The second kappa shape index (κ2) is 7.70. The summed E-state index contributed by atoms with van der Waals surface area (Å²) < 4.78 is 29.0. The number of carbonyl (C=O) groups excluding carboxylic acids is 1. The van der Waals surface area contributed by atoms with E-state index < -0.39 is 17.5 Å². The van der Waals surface area contributed by atoms with E-state index in [1.165, 1.54) is 10.6 Å². The number of rotatable bonds is 2. The largest absolute Gasteiger partial charge is 0.268 e. The molecule has 5 aromatic rings. The quantitative estimate of drug-likeness (QED) is 0.257. The van der Waals surface area contributed by atoms with Crippen molar-refractivity contribution in [1.82, 2.24) is 9.55 Å². The fraction of sp³-hybridized carbons (Fsp3) is 0. The Balaban J connectivity index is 1.72. The topological polar surface area (TPSA) is 34.9 Å². The summed E-state index contributed by atoms with van der Waals surface area (Å²) in [6.07, 6.45) is 8.91. The zero-order valence-corrected chi connectivity index (χ0v) is 18.3. The van der Waals surface area contributed by atoms with Gasteiger partial charge in [0.05, 0.1) is 28.2 Å². The Hall–Kier alpha value is -4.18. The van der Waals surface area contributed by atoms with Crippen molar-refractivity contribution in [1.29, 1.82) is 0 Å². The third-order valence-electron chi connectivity index (χ3n) is 5.90. The zero-order valence-electron chi connectivity index (χ0n) is 17.5. The highest BCUT2D eigenvalue weighted by molar-refractivity contribution is 6.31. The number of nitrogens with zero attached hydrogens (tertiary/aromatic N) is 2. The molecule has 6 heteroatoms. The summed E-state index contributed by atoms with van der Waals surface area (Å²) in [7, 11) is 0. The second-order valence-corrected chi connectivity index (χ2v) is 8.38. The molecule has 0 spiro atoms. The van der Waals surface area contributed by atoms with E-state index in [1.54, 1.807) is 18.2 Å². The smallest absolute Gasteiger partial charge is 0.264 e. The highest BCUT2D eigenvalue weighted by Crippen LogP contribution is 2.38. The first-order valence-corrected chi connectivity index (χ1v) is 10.9. The molecule has 0 aliphatic heterocycles. The van der Waals surface area contributed by atoms with Crippen molar-refractivity contribution in [3.05, 3.63) is 118 Å². The summed E-state index contributed by atoms with van der Waals surface area (Å²) in [5.41, 5.74) is 3.50. The van der Waals surface area contributed by atoms with E-state index in [2.05, 4.69) is 6.08 Å². The van der Waals surface area contributed by atoms with Gasteiger partial charge in [-0.2, -0.15) is 0 Å². The molecule has 3 nitrogen and oxygen atoms in total. The van der Waals surface area contributed by atoms with Crippen LogP contribution in [0.3, 0.4) is 0 Å². The number of halogens is 3. The molecular formula is C28H14ClF2N2O+. The average molecular weight is 468 g/mol. The molecule has 0 saturated carbocycles. The maximum Gasteiger partial charge on any atom is 0.264 e. The molecule has 0 radical (unpaired) electrons. The Labute approximate surface area is 198 Å². The van der Waals surface area contributed by atoms with Gasteiger partial charge in [0.25, 0.3) is 5.91 Å². The van der Waals surface area contributed by atoms with Gasteiger partial charge in [-0.15, -0.1) is 0 Å². The van der Waals surface area contributed by atoms with Crippen LogP contribution >= 0.6 is 11.6 Å². The van der Waals surface area contributed by atoms with Gasteiger partial charge in [-0.25, -0.2) is 13.8 Å². The summed E-state index contributed by atoms with van der Waals surface area (Å²) >= 11 is 6.22. The number of benzene rings is 4. The van der Waals surface area contributed by atoms with Gasteiger partial charge in [0.15, 0.2) is 23.0 Å². The molecule has 4 aromatic carbocycles. The van der Waals surface area contributed by atoms with Gasteiger partial charge in [-0.05, 0) is 42.5 Å². The Morgan fingerprint density at radius 3 is 2.68 bits per heavy atom. The van der Waals surface area contributed by atoms with Crippen molar-refractivity contribution in [2.24, 2.45) is 0 Å². The van der Waals surface area contributed by atoms with Crippen LogP contribution in [0.5, 0.6) is 0 Å². The first-order chi connectivity index (χ1) is 16.5. The number of hydrogen-bond acceptors (Lipinski definition) is 2. The molecule has 1 aromatic heterocycles. The fourth-order valence-electron chi connectivity index (χ4n) is 4.36. The number of carbonyl (C=O) groups is 1. The number of fused-ring (bicyclic) bond motifs is 3. The first-order valence-electron chi connectivity index (χ1n) is 10.5. The minimum absolute atomic E-state index is 0.00510. The maximum absolute atomic E-state index is 14.0. The standard InChI is InChI=1S/C28H14ClF2N2O/c29-19-10-12-25-24(15-19)32-27(33(25)28(34)18-9-11-22(30)23(31)14-18)26-20-7-3-1-5-16(20)13-17-6-2-4-8-21(17)26/h1-5,7-15H/q+1. The molecule has 1 aliphatic rings. The van der Waals surface area contributed by atoms with Crippen LogP contribution in [0.4, 0.5) is 8.78 Å². The molecule has 0 saturated heterocycles. The Kier molecular flexibility index (Phi) is 4.63. The minimum atomic E-state index is -1.09. The average Bonchev–Trinajstić information content (AvgIpc) is 3.21. The van der Waals surface area contributed by atoms with Gasteiger partial charge in [-0.1, -0.05) is 29.8 Å². The van der Waals surface area contributed by atoms with Crippen LogP contribution in [0.2, 0.25) is 5.02 Å². The van der Waals surface area contributed by atoms with Gasteiger partial charge in [0.1, 0.15) is 0 Å². The van der Waals surface area contributed by atoms with Crippen LogP contribution in [0, 0.1) is 17.7 Å². The Bertz CT molecular complexity index is 1720. The molecule has 6 rings (SSSR count). The third kappa shape index (κ3) is 3.14. The fourth-order valence-corrected chi connectivity index (χ4v) is 4.53. The molecule has 0 fully saturated rings. The maximum atomic E-state index is 14.0. The van der Waals surface area contributed by atoms with Gasteiger partial charge < -0.3 is 0 Å². The van der Waals surface area contributed by atoms with Crippen molar-refractivity contribution in [3.63, 3.8) is 0 Å². The van der Waals surface area contributed by atoms with Crippen molar-refractivity contribution in [2.45, 2.75) is 0 Å². The van der Waals surface area contributed by atoms with Crippen LogP contribution in [-0.2, 0) is 0 Å². The molecule has 0 bridgehead atoms. The molecule has 0 amide bonds. The van der Waals surface area contributed by atoms with Crippen molar-refractivity contribution in [3.8, 4) is 11.4 Å². The van der Waals surface area contributed by atoms with Crippen LogP contribution in [0.25, 0.3) is 39.3 Å². The first kappa shape index (κ1) is 20.4. The van der Waals surface area contributed by atoms with Crippen molar-refractivity contribution < 1.29 is 13.6 Å². The molecule has 0 N–H and O–H groups in total. The SMILES string of the molecule is O=C(c1ccc(F)c(F)c1)n1c(-c2c3c(cc4ccccc24)[C+]=CC=C3)nc2cc(Cl)ccc21.